The first kappa shape index (κ1) is 15.8. The van der Waals surface area contributed by atoms with Gasteiger partial charge in [0.05, 0.1) is 0 Å². The van der Waals surface area contributed by atoms with Gasteiger partial charge in [0.15, 0.2) is 0 Å². The normalized spacial score (nSPS) is 10.5. The first-order valence-electron chi connectivity index (χ1n) is 7.28. The predicted molar refractivity (Wildman–Crippen MR) is 86.7 cm³/mol. The Kier molecular flexibility index (Phi) is 4.93. The molecule has 0 aliphatic rings. The number of hydrogen-bond acceptors (Lipinski definition) is 4. The number of amides is 1. The summed E-state index contributed by atoms with van der Waals surface area (Å²) in [5.74, 6) is -0.255. The number of rotatable bonds is 5. The Morgan fingerprint density at radius 1 is 1.27 bits per heavy atom. The molecular weight excluding hydrogens is 280 g/mol. The van der Waals surface area contributed by atoms with Gasteiger partial charge in [0, 0.05) is 17.4 Å². The van der Waals surface area contributed by atoms with Gasteiger partial charge in [0.1, 0.15) is 6.54 Å². The molecular formula is C16H20N4O2. The van der Waals surface area contributed by atoms with E-state index in [1.807, 2.05) is 38.1 Å². The second kappa shape index (κ2) is 6.89. The molecule has 116 valence electrons. The minimum Gasteiger partial charge on any atom is -0.369 e. The molecule has 0 fully saturated rings. The molecule has 0 saturated heterocycles. The first-order valence-corrected chi connectivity index (χ1v) is 7.28. The Labute approximate surface area is 129 Å². The maximum absolute atomic E-state index is 12.1. The average Bonchev–Trinajstić information content (AvgIpc) is 2.50. The number of nitrogens with zero attached hydrogens (tertiary/aromatic N) is 2. The third-order valence-corrected chi connectivity index (χ3v) is 3.37. The zero-order valence-corrected chi connectivity index (χ0v) is 12.8. The van der Waals surface area contributed by atoms with E-state index in [4.69, 9.17) is 5.73 Å². The number of carbonyl (C=O) groups excluding carboxylic acids is 1. The van der Waals surface area contributed by atoms with Crippen LogP contribution in [0.3, 0.4) is 0 Å². The van der Waals surface area contributed by atoms with Gasteiger partial charge >= 0.3 is 0 Å². The standard InChI is InChI=1S/C16H20N4O2/c1-3-11-6-5-7-13(8-11)18-14(21)10-20-15(22)9-12(4-2)19-16(20)17/h5-9H,3-4,10H2,1-2H3,(H2,17,19)(H,18,21). The lowest BCUT2D eigenvalue weighted by molar-refractivity contribution is -0.116. The lowest BCUT2D eigenvalue weighted by Gasteiger charge is -2.10. The molecule has 1 aromatic heterocycles. The number of nitrogen functional groups attached to an aromatic ring is 1. The minimum atomic E-state index is -0.318. The SMILES string of the molecule is CCc1cccc(NC(=O)Cn2c(N)nc(CC)cc2=O)c1. The van der Waals surface area contributed by atoms with E-state index in [1.54, 1.807) is 0 Å². The molecule has 0 unspecified atom stereocenters. The summed E-state index contributed by atoms with van der Waals surface area (Å²) in [4.78, 5) is 28.2. The van der Waals surface area contributed by atoms with Crippen molar-refractivity contribution in [3.8, 4) is 0 Å². The Hall–Kier alpha value is -2.63. The number of hydrogen-bond donors (Lipinski definition) is 2. The molecule has 1 aromatic carbocycles. The van der Waals surface area contributed by atoms with Crippen LogP contribution in [0.15, 0.2) is 35.1 Å². The van der Waals surface area contributed by atoms with Crippen LogP contribution in [-0.4, -0.2) is 15.5 Å². The van der Waals surface area contributed by atoms with Crippen LogP contribution >= 0.6 is 0 Å². The van der Waals surface area contributed by atoms with E-state index in [-0.39, 0.29) is 24.0 Å². The van der Waals surface area contributed by atoms with Crippen LogP contribution in [0.25, 0.3) is 0 Å². The molecule has 3 N–H and O–H groups in total. The van der Waals surface area contributed by atoms with Gasteiger partial charge in [0.2, 0.25) is 11.9 Å². The van der Waals surface area contributed by atoms with Gasteiger partial charge in [-0.05, 0) is 30.5 Å². The number of nitrogens with one attached hydrogen (secondary N) is 1. The molecule has 0 aliphatic heterocycles. The van der Waals surface area contributed by atoms with Crippen LogP contribution < -0.4 is 16.6 Å². The van der Waals surface area contributed by atoms with Gasteiger partial charge in [-0.15, -0.1) is 0 Å². The van der Waals surface area contributed by atoms with Crippen molar-refractivity contribution in [1.82, 2.24) is 9.55 Å². The largest absolute Gasteiger partial charge is 0.369 e. The molecule has 6 nitrogen and oxygen atoms in total. The van der Waals surface area contributed by atoms with Crippen LogP contribution in [-0.2, 0) is 24.2 Å². The van der Waals surface area contributed by atoms with Gasteiger partial charge in [-0.3, -0.25) is 14.2 Å². The lowest BCUT2D eigenvalue weighted by atomic mass is 10.1. The summed E-state index contributed by atoms with van der Waals surface area (Å²) >= 11 is 0. The Balaban J connectivity index is 2.14. The molecule has 0 radical (unpaired) electrons. The van der Waals surface area contributed by atoms with E-state index >= 15 is 0 Å². The van der Waals surface area contributed by atoms with Crippen molar-refractivity contribution in [2.45, 2.75) is 33.2 Å². The summed E-state index contributed by atoms with van der Waals surface area (Å²) < 4.78 is 1.16. The van der Waals surface area contributed by atoms with Crippen LogP contribution in [0.2, 0.25) is 0 Å². The van der Waals surface area contributed by atoms with Gasteiger partial charge in [0.25, 0.3) is 5.56 Å². The maximum atomic E-state index is 12.1. The quantitative estimate of drug-likeness (QED) is 0.877. The van der Waals surface area contributed by atoms with E-state index in [0.29, 0.717) is 17.8 Å². The van der Waals surface area contributed by atoms with E-state index in [1.165, 1.54) is 6.07 Å². The molecule has 0 aliphatic carbocycles. The fourth-order valence-electron chi connectivity index (χ4n) is 2.13. The van der Waals surface area contributed by atoms with Gasteiger partial charge < -0.3 is 11.1 Å². The zero-order chi connectivity index (χ0) is 16.1. The van der Waals surface area contributed by atoms with Gasteiger partial charge in [-0.2, -0.15) is 0 Å². The van der Waals surface area contributed by atoms with Crippen molar-refractivity contribution in [1.29, 1.82) is 0 Å². The fourth-order valence-corrected chi connectivity index (χ4v) is 2.13. The highest BCUT2D eigenvalue weighted by Gasteiger charge is 2.10. The predicted octanol–water partition coefficient (Wildman–Crippen LogP) is 1.59. The Morgan fingerprint density at radius 3 is 2.68 bits per heavy atom. The van der Waals surface area contributed by atoms with Crippen molar-refractivity contribution < 1.29 is 4.79 Å². The third-order valence-electron chi connectivity index (χ3n) is 3.37. The molecule has 0 saturated carbocycles. The molecule has 1 heterocycles. The van der Waals surface area contributed by atoms with E-state index < -0.39 is 0 Å². The topological polar surface area (TPSA) is 90.0 Å². The number of anilines is 2. The molecule has 2 rings (SSSR count). The maximum Gasteiger partial charge on any atom is 0.255 e. The van der Waals surface area contributed by atoms with E-state index in [0.717, 1.165) is 16.6 Å². The Morgan fingerprint density at radius 2 is 2.05 bits per heavy atom. The van der Waals surface area contributed by atoms with Crippen LogP contribution in [0.1, 0.15) is 25.1 Å². The molecule has 0 bridgehead atoms. The van der Waals surface area contributed by atoms with E-state index in [2.05, 4.69) is 10.3 Å². The second-order valence-electron chi connectivity index (χ2n) is 4.99. The average molecular weight is 300 g/mol. The number of carbonyl (C=O) groups is 1. The molecule has 0 atom stereocenters. The van der Waals surface area contributed by atoms with Crippen molar-refractivity contribution in [2.24, 2.45) is 0 Å². The summed E-state index contributed by atoms with van der Waals surface area (Å²) in [6, 6.07) is 8.99. The fraction of sp³-hybridized carbons (Fsp3) is 0.312. The highest BCUT2D eigenvalue weighted by atomic mass is 16.2. The smallest absolute Gasteiger partial charge is 0.255 e. The third kappa shape index (κ3) is 3.72. The second-order valence-corrected chi connectivity index (χ2v) is 4.99. The number of nitrogens with two attached hydrogens (primary N) is 1. The summed E-state index contributed by atoms with van der Waals surface area (Å²) in [7, 11) is 0. The monoisotopic (exact) mass is 300 g/mol. The number of benzene rings is 1. The summed E-state index contributed by atoms with van der Waals surface area (Å²) in [5, 5.41) is 2.77. The highest BCUT2D eigenvalue weighted by molar-refractivity contribution is 5.90. The van der Waals surface area contributed by atoms with Gasteiger partial charge in [-0.25, -0.2) is 4.98 Å². The first-order chi connectivity index (χ1) is 10.5. The molecule has 2 aromatic rings. The van der Waals surface area contributed by atoms with Crippen molar-refractivity contribution in [3.05, 3.63) is 51.9 Å². The lowest BCUT2D eigenvalue weighted by Crippen LogP contribution is -2.30. The zero-order valence-electron chi connectivity index (χ0n) is 12.8. The number of aromatic nitrogens is 2. The van der Waals surface area contributed by atoms with Crippen molar-refractivity contribution in [2.75, 3.05) is 11.1 Å². The molecule has 0 spiro atoms. The van der Waals surface area contributed by atoms with Crippen molar-refractivity contribution in [3.63, 3.8) is 0 Å². The van der Waals surface area contributed by atoms with Crippen LogP contribution in [0.4, 0.5) is 11.6 Å². The molecule has 22 heavy (non-hydrogen) atoms. The van der Waals surface area contributed by atoms with Crippen LogP contribution in [0.5, 0.6) is 0 Å². The van der Waals surface area contributed by atoms with Gasteiger partial charge in [-0.1, -0.05) is 26.0 Å². The van der Waals surface area contributed by atoms with Crippen molar-refractivity contribution >= 4 is 17.5 Å². The number of aryl methyl sites for hydroxylation is 2. The summed E-state index contributed by atoms with van der Waals surface area (Å²) in [6.45, 7) is 3.78. The minimum absolute atomic E-state index is 0.0572. The highest BCUT2D eigenvalue weighted by Crippen LogP contribution is 2.11. The van der Waals surface area contributed by atoms with Crippen LogP contribution in [0, 0.1) is 0 Å². The summed E-state index contributed by atoms with van der Waals surface area (Å²) in [6.07, 6.45) is 1.51. The van der Waals surface area contributed by atoms with E-state index in [9.17, 15) is 9.59 Å². The molecule has 6 heteroatoms. The molecule has 1 amide bonds. The summed E-state index contributed by atoms with van der Waals surface area (Å²) in [5.41, 5.74) is 7.89. The Bertz CT molecular complexity index is 737.